The summed E-state index contributed by atoms with van der Waals surface area (Å²) in [5.74, 6) is 0.890. The van der Waals surface area contributed by atoms with Gasteiger partial charge in [-0.3, -0.25) is 0 Å². The SMILES string of the molecule is Nc1nc(NCCO)nc2ccccc12. The Morgan fingerprint density at radius 2 is 2.07 bits per heavy atom. The summed E-state index contributed by atoms with van der Waals surface area (Å²) in [5.41, 5.74) is 6.57. The molecule has 1 aromatic carbocycles. The second kappa shape index (κ2) is 4.10. The molecular formula is C10H12N4O. The van der Waals surface area contributed by atoms with Gasteiger partial charge in [-0.2, -0.15) is 4.98 Å². The van der Waals surface area contributed by atoms with E-state index < -0.39 is 0 Å². The third-order valence-corrected chi connectivity index (χ3v) is 2.03. The standard InChI is InChI=1S/C10H12N4O/c11-9-7-3-1-2-4-8(7)13-10(14-9)12-5-6-15/h1-4,15H,5-6H2,(H3,11,12,13,14). The Kier molecular flexibility index (Phi) is 2.64. The summed E-state index contributed by atoms with van der Waals surface area (Å²) in [5, 5.41) is 12.4. The number of benzene rings is 1. The van der Waals surface area contributed by atoms with Gasteiger partial charge in [-0.25, -0.2) is 4.98 Å². The molecule has 0 bridgehead atoms. The number of aliphatic hydroxyl groups is 1. The summed E-state index contributed by atoms with van der Waals surface area (Å²) < 4.78 is 0. The molecule has 0 aliphatic rings. The van der Waals surface area contributed by atoms with E-state index in [0.717, 1.165) is 10.9 Å². The van der Waals surface area contributed by atoms with Crippen LogP contribution in [0.25, 0.3) is 10.9 Å². The van der Waals surface area contributed by atoms with E-state index in [1.54, 1.807) is 0 Å². The fourth-order valence-electron chi connectivity index (χ4n) is 1.35. The number of para-hydroxylation sites is 1. The predicted octanol–water partition coefficient (Wildman–Crippen LogP) is 0.616. The Bertz CT molecular complexity index is 472. The van der Waals surface area contributed by atoms with Crippen LogP contribution < -0.4 is 11.1 Å². The van der Waals surface area contributed by atoms with E-state index in [4.69, 9.17) is 10.8 Å². The Morgan fingerprint density at radius 1 is 1.27 bits per heavy atom. The van der Waals surface area contributed by atoms with Crippen LogP contribution in [-0.2, 0) is 0 Å². The fourth-order valence-corrected chi connectivity index (χ4v) is 1.35. The Hall–Kier alpha value is -1.88. The number of hydrogen-bond donors (Lipinski definition) is 3. The third kappa shape index (κ3) is 1.97. The molecule has 4 N–H and O–H groups in total. The van der Waals surface area contributed by atoms with Crippen LogP contribution in [0.1, 0.15) is 0 Å². The zero-order chi connectivity index (χ0) is 10.7. The monoisotopic (exact) mass is 204 g/mol. The van der Waals surface area contributed by atoms with Crippen molar-refractivity contribution in [3.05, 3.63) is 24.3 Å². The minimum absolute atomic E-state index is 0.0378. The summed E-state index contributed by atoms with van der Waals surface area (Å²) in [4.78, 5) is 8.34. The molecule has 15 heavy (non-hydrogen) atoms. The van der Waals surface area contributed by atoms with Crippen molar-refractivity contribution in [3.63, 3.8) is 0 Å². The van der Waals surface area contributed by atoms with E-state index in [9.17, 15) is 0 Å². The molecule has 0 amide bonds. The van der Waals surface area contributed by atoms with Crippen LogP contribution in [0, 0.1) is 0 Å². The third-order valence-electron chi connectivity index (χ3n) is 2.03. The van der Waals surface area contributed by atoms with Crippen molar-refractivity contribution in [3.8, 4) is 0 Å². The zero-order valence-electron chi connectivity index (χ0n) is 8.14. The van der Waals surface area contributed by atoms with Gasteiger partial charge in [0.1, 0.15) is 5.82 Å². The van der Waals surface area contributed by atoms with E-state index in [1.165, 1.54) is 0 Å². The van der Waals surface area contributed by atoms with Crippen molar-refractivity contribution < 1.29 is 5.11 Å². The lowest BCUT2D eigenvalue weighted by molar-refractivity contribution is 0.311. The van der Waals surface area contributed by atoms with E-state index in [1.807, 2.05) is 24.3 Å². The molecule has 1 heterocycles. The molecule has 5 heteroatoms. The molecule has 0 unspecified atom stereocenters. The van der Waals surface area contributed by atoms with Gasteiger partial charge in [0.05, 0.1) is 12.1 Å². The topological polar surface area (TPSA) is 84.1 Å². The highest BCUT2D eigenvalue weighted by atomic mass is 16.3. The molecule has 0 aliphatic heterocycles. The second-order valence-corrected chi connectivity index (χ2v) is 3.10. The van der Waals surface area contributed by atoms with E-state index >= 15 is 0 Å². The maximum atomic E-state index is 8.66. The highest BCUT2D eigenvalue weighted by Gasteiger charge is 2.03. The lowest BCUT2D eigenvalue weighted by Crippen LogP contribution is -2.09. The summed E-state index contributed by atoms with van der Waals surface area (Å²) in [6, 6.07) is 7.53. The Balaban J connectivity index is 2.43. The van der Waals surface area contributed by atoms with Gasteiger partial charge in [-0.1, -0.05) is 12.1 Å². The van der Waals surface area contributed by atoms with Gasteiger partial charge >= 0.3 is 0 Å². The second-order valence-electron chi connectivity index (χ2n) is 3.10. The van der Waals surface area contributed by atoms with Crippen molar-refractivity contribution in [1.29, 1.82) is 0 Å². The van der Waals surface area contributed by atoms with Crippen LogP contribution in [-0.4, -0.2) is 28.2 Å². The van der Waals surface area contributed by atoms with Crippen LogP contribution in [0.2, 0.25) is 0 Å². The normalized spacial score (nSPS) is 10.5. The number of nitrogen functional groups attached to an aromatic ring is 1. The summed E-state index contributed by atoms with van der Waals surface area (Å²) >= 11 is 0. The quantitative estimate of drug-likeness (QED) is 0.682. The number of anilines is 2. The molecule has 0 saturated heterocycles. The van der Waals surface area contributed by atoms with Gasteiger partial charge < -0.3 is 16.2 Å². The average molecular weight is 204 g/mol. The van der Waals surface area contributed by atoms with Crippen LogP contribution in [0.15, 0.2) is 24.3 Å². The van der Waals surface area contributed by atoms with Gasteiger partial charge in [-0.15, -0.1) is 0 Å². The number of hydrogen-bond acceptors (Lipinski definition) is 5. The van der Waals surface area contributed by atoms with Gasteiger partial charge in [0, 0.05) is 11.9 Å². The highest BCUT2D eigenvalue weighted by molar-refractivity contribution is 5.88. The van der Waals surface area contributed by atoms with Crippen molar-refractivity contribution >= 4 is 22.7 Å². The first-order valence-corrected chi connectivity index (χ1v) is 4.68. The molecule has 2 aromatic rings. The van der Waals surface area contributed by atoms with Crippen molar-refractivity contribution in [1.82, 2.24) is 9.97 Å². The van der Waals surface area contributed by atoms with Crippen LogP contribution >= 0.6 is 0 Å². The van der Waals surface area contributed by atoms with E-state index in [-0.39, 0.29) is 6.61 Å². The minimum atomic E-state index is 0.0378. The summed E-state index contributed by atoms with van der Waals surface area (Å²) in [6.45, 7) is 0.452. The van der Waals surface area contributed by atoms with Gasteiger partial charge in [-0.05, 0) is 12.1 Å². The molecule has 0 spiro atoms. The molecular weight excluding hydrogens is 192 g/mol. The summed E-state index contributed by atoms with van der Waals surface area (Å²) in [7, 11) is 0. The zero-order valence-corrected chi connectivity index (χ0v) is 8.14. The summed E-state index contributed by atoms with van der Waals surface area (Å²) in [6.07, 6.45) is 0. The molecule has 0 radical (unpaired) electrons. The maximum Gasteiger partial charge on any atom is 0.225 e. The fraction of sp³-hybridized carbons (Fsp3) is 0.200. The molecule has 2 rings (SSSR count). The molecule has 0 aliphatic carbocycles. The van der Waals surface area contributed by atoms with Gasteiger partial charge in [0.15, 0.2) is 0 Å². The first-order chi connectivity index (χ1) is 7.31. The number of aromatic nitrogens is 2. The number of nitrogens with two attached hydrogens (primary N) is 1. The maximum absolute atomic E-state index is 8.66. The van der Waals surface area contributed by atoms with Crippen molar-refractivity contribution in [2.75, 3.05) is 24.2 Å². The van der Waals surface area contributed by atoms with Gasteiger partial charge in [0.2, 0.25) is 5.95 Å². The van der Waals surface area contributed by atoms with Gasteiger partial charge in [0.25, 0.3) is 0 Å². The molecule has 0 fully saturated rings. The van der Waals surface area contributed by atoms with Crippen molar-refractivity contribution in [2.24, 2.45) is 0 Å². The smallest absolute Gasteiger partial charge is 0.225 e. The molecule has 0 saturated carbocycles. The number of nitrogens with zero attached hydrogens (tertiary/aromatic N) is 2. The van der Waals surface area contributed by atoms with Crippen LogP contribution in [0.5, 0.6) is 0 Å². The lowest BCUT2D eigenvalue weighted by Gasteiger charge is -2.05. The molecule has 0 atom stereocenters. The molecule has 78 valence electrons. The molecule has 1 aromatic heterocycles. The van der Waals surface area contributed by atoms with E-state index in [0.29, 0.717) is 18.3 Å². The Labute approximate surface area is 87.0 Å². The first kappa shape index (κ1) is 9.67. The Morgan fingerprint density at radius 3 is 2.87 bits per heavy atom. The molecule has 5 nitrogen and oxygen atoms in total. The van der Waals surface area contributed by atoms with E-state index in [2.05, 4.69) is 15.3 Å². The largest absolute Gasteiger partial charge is 0.395 e. The minimum Gasteiger partial charge on any atom is -0.395 e. The lowest BCUT2D eigenvalue weighted by atomic mass is 10.2. The number of aliphatic hydroxyl groups excluding tert-OH is 1. The number of fused-ring (bicyclic) bond motifs is 1. The van der Waals surface area contributed by atoms with Crippen LogP contribution in [0.4, 0.5) is 11.8 Å². The van der Waals surface area contributed by atoms with Crippen molar-refractivity contribution in [2.45, 2.75) is 0 Å². The number of rotatable bonds is 3. The predicted molar refractivity (Wildman–Crippen MR) is 59.5 cm³/mol. The highest BCUT2D eigenvalue weighted by Crippen LogP contribution is 2.18. The average Bonchev–Trinajstić information content (AvgIpc) is 2.26. The number of nitrogens with one attached hydrogen (secondary N) is 1. The first-order valence-electron chi connectivity index (χ1n) is 4.68. The van der Waals surface area contributed by atoms with Crippen LogP contribution in [0.3, 0.4) is 0 Å².